The Balaban J connectivity index is 1.97. The first-order chi connectivity index (χ1) is 13.2. The molecule has 4 rings (SSSR count). The van der Waals surface area contributed by atoms with Crippen LogP contribution in [0.15, 0.2) is 66.7 Å². The minimum atomic E-state index is 0.268. The number of aryl methyl sites for hydroxylation is 1. The second kappa shape index (κ2) is 7.20. The molecule has 0 amide bonds. The Hall–Kier alpha value is -3.20. The highest BCUT2D eigenvalue weighted by Gasteiger charge is 2.20. The van der Waals surface area contributed by atoms with Crippen molar-refractivity contribution in [1.29, 1.82) is 0 Å². The lowest BCUT2D eigenvalue weighted by molar-refractivity contribution is 0.415. The Labute approximate surface area is 159 Å². The predicted molar refractivity (Wildman–Crippen MR) is 108 cm³/mol. The van der Waals surface area contributed by atoms with Crippen LogP contribution >= 0.6 is 0 Å². The van der Waals surface area contributed by atoms with Crippen molar-refractivity contribution in [3.05, 3.63) is 89.0 Å². The molecule has 1 aliphatic rings. The first-order valence-corrected chi connectivity index (χ1v) is 9.15. The number of methoxy groups -OCH3 is 1. The van der Waals surface area contributed by atoms with Gasteiger partial charge >= 0.3 is 0 Å². The summed E-state index contributed by atoms with van der Waals surface area (Å²) in [6, 6.07) is 21.2. The van der Waals surface area contributed by atoms with Crippen LogP contribution in [-0.2, 0) is 6.42 Å². The highest BCUT2D eigenvalue weighted by Crippen LogP contribution is 2.41. The van der Waals surface area contributed by atoms with Gasteiger partial charge < -0.3 is 14.9 Å². The van der Waals surface area contributed by atoms with Crippen LogP contribution in [0.2, 0.25) is 0 Å². The molecule has 0 fully saturated rings. The summed E-state index contributed by atoms with van der Waals surface area (Å²) >= 11 is 0. The summed E-state index contributed by atoms with van der Waals surface area (Å²) < 4.78 is 5.31. The Morgan fingerprint density at radius 1 is 0.741 bits per heavy atom. The van der Waals surface area contributed by atoms with Crippen molar-refractivity contribution >= 4 is 11.1 Å². The van der Waals surface area contributed by atoms with Crippen LogP contribution < -0.4 is 4.74 Å². The van der Waals surface area contributed by atoms with Crippen molar-refractivity contribution in [3.63, 3.8) is 0 Å². The summed E-state index contributed by atoms with van der Waals surface area (Å²) in [5, 5.41) is 19.6. The lowest BCUT2D eigenvalue weighted by Gasteiger charge is -2.17. The van der Waals surface area contributed by atoms with Crippen LogP contribution in [0, 0.1) is 0 Å². The Kier molecular flexibility index (Phi) is 4.59. The van der Waals surface area contributed by atoms with Gasteiger partial charge in [-0.2, -0.15) is 0 Å². The van der Waals surface area contributed by atoms with Crippen LogP contribution in [0.25, 0.3) is 11.1 Å². The van der Waals surface area contributed by atoms with Gasteiger partial charge in [-0.25, -0.2) is 0 Å². The smallest absolute Gasteiger partial charge is 0.118 e. The van der Waals surface area contributed by atoms with E-state index in [0.29, 0.717) is 5.75 Å². The maximum Gasteiger partial charge on any atom is 0.118 e. The molecule has 136 valence electrons. The molecule has 3 heteroatoms. The van der Waals surface area contributed by atoms with Crippen molar-refractivity contribution in [3.8, 4) is 17.2 Å². The molecule has 3 aromatic carbocycles. The first kappa shape index (κ1) is 17.2. The van der Waals surface area contributed by atoms with Crippen molar-refractivity contribution in [2.24, 2.45) is 0 Å². The third-order valence-corrected chi connectivity index (χ3v) is 5.13. The van der Waals surface area contributed by atoms with Gasteiger partial charge in [0.15, 0.2) is 0 Å². The van der Waals surface area contributed by atoms with Gasteiger partial charge in [0.25, 0.3) is 0 Å². The van der Waals surface area contributed by atoms with Crippen molar-refractivity contribution in [1.82, 2.24) is 0 Å². The van der Waals surface area contributed by atoms with E-state index in [2.05, 4.69) is 12.1 Å². The number of rotatable bonds is 3. The van der Waals surface area contributed by atoms with Gasteiger partial charge in [0, 0.05) is 0 Å². The van der Waals surface area contributed by atoms with E-state index in [0.717, 1.165) is 47.3 Å². The van der Waals surface area contributed by atoms with Gasteiger partial charge in [-0.1, -0.05) is 30.3 Å². The molecule has 0 saturated heterocycles. The minimum absolute atomic E-state index is 0.268. The highest BCUT2D eigenvalue weighted by molar-refractivity contribution is 6.00. The van der Waals surface area contributed by atoms with Gasteiger partial charge in [0.05, 0.1) is 7.11 Å². The van der Waals surface area contributed by atoms with Crippen molar-refractivity contribution < 1.29 is 14.9 Å². The van der Waals surface area contributed by atoms with Gasteiger partial charge in [0.2, 0.25) is 0 Å². The minimum Gasteiger partial charge on any atom is -0.508 e. The van der Waals surface area contributed by atoms with E-state index in [4.69, 9.17) is 4.74 Å². The quantitative estimate of drug-likeness (QED) is 0.659. The van der Waals surface area contributed by atoms with Crippen molar-refractivity contribution in [2.75, 3.05) is 7.11 Å². The van der Waals surface area contributed by atoms with E-state index < -0.39 is 0 Å². The molecule has 3 nitrogen and oxygen atoms in total. The van der Waals surface area contributed by atoms with Gasteiger partial charge in [0.1, 0.15) is 17.2 Å². The SMILES string of the molecule is COc1ccc(C2=C(c3ccc(O)cc3)CCCc3cc(O)ccc32)cc1. The molecule has 1 aliphatic carbocycles. The maximum absolute atomic E-state index is 9.96. The number of aromatic hydroxyl groups is 2. The second-order valence-corrected chi connectivity index (χ2v) is 6.82. The number of fused-ring (bicyclic) bond motifs is 1. The van der Waals surface area contributed by atoms with E-state index in [1.165, 1.54) is 11.1 Å². The van der Waals surface area contributed by atoms with Crippen LogP contribution in [0.3, 0.4) is 0 Å². The number of hydrogen-bond acceptors (Lipinski definition) is 3. The summed E-state index contributed by atoms with van der Waals surface area (Å²) in [5.41, 5.74) is 6.97. The fourth-order valence-corrected chi connectivity index (χ4v) is 3.81. The maximum atomic E-state index is 9.96. The molecule has 0 bridgehead atoms. The zero-order valence-corrected chi connectivity index (χ0v) is 15.3. The lowest BCUT2D eigenvalue weighted by Crippen LogP contribution is -1.96. The van der Waals surface area contributed by atoms with Gasteiger partial charge in [-0.15, -0.1) is 0 Å². The fourth-order valence-electron chi connectivity index (χ4n) is 3.81. The molecule has 0 aromatic heterocycles. The van der Waals surface area contributed by atoms with E-state index in [1.54, 1.807) is 25.3 Å². The highest BCUT2D eigenvalue weighted by atomic mass is 16.5. The average Bonchev–Trinajstić information content (AvgIpc) is 2.88. The molecule has 0 heterocycles. The van der Waals surface area contributed by atoms with Gasteiger partial charge in [-0.05, 0) is 89.1 Å². The topological polar surface area (TPSA) is 49.7 Å². The zero-order valence-electron chi connectivity index (χ0n) is 15.3. The molecule has 2 N–H and O–H groups in total. The molecule has 3 aromatic rings. The third kappa shape index (κ3) is 3.41. The predicted octanol–water partition coefficient (Wildman–Crippen LogP) is 5.40. The summed E-state index contributed by atoms with van der Waals surface area (Å²) in [5.74, 6) is 1.39. The molecule has 0 saturated carbocycles. The Bertz CT molecular complexity index is 983. The van der Waals surface area contributed by atoms with Crippen LogP contribution in [-0.4, -0.2) is 17.3 Å². The molecular formula is C24H22O3. The monoisotopic (exact) mass is 358 g/mol. The Morgan fingerprint density at radius 2 is 1.41 bits per heavy atom. The first-order valence-electron chi connectivity index (χ1n) is 9.15. The van der Waals surface area contributed by atoms with E-state index in [9.17, 15) is 10.2 Å². The number of allylic oxidation sites excluding steroid dienone is 1. The molecule has 0 spiro atoms. The zero-order chi connectivity index (χ0) is 18.8. The number of phenolic OH excluding ortho intramolecular Hbond substituents is 2. The number of hydrogen-bond donors (Lipinski definition) is 2. The average molecular weight is 358 g/mol. The number of benzene rings is 3. The standard InChI is InChI=1S/C24H22O3/c1-27-21-12-7-17(8-13-21)24-22(16-5-9-19(25)10-6-16)4-2-3-18-15-20(26)11-14-23(18)24/h5-15,25-26H,2-4H2,1H3. The summed E-state index contributed by atoms with van der Waals surface area (Å²) in [6.07, 6.45) is 2.86. The normalized spacial score (nSPS) is 13.8. The number of phenols is 2. The molecule has 0 aliphatic heterocycles. The lowest BCUT2D eigenvalue weighted by atomic mass is 9.88. The number of ether oxygens (including phenoxy) is 1. The summed E-state index contributed by atoms with van der Waals surface area (Å²) in [6.45, 7) is 0. The summed E-state index contributed by atoms with van der Waals surface area (Å²) in [4.78, 5) is 0. The largest absolute Gasteiger partial charge is 0.508 e. The van der Waals surface area contributed by atoms with Crippen LogP contribution in [0.4, 0.5) is 0 Å². The third-order valence-electron chi connectivity index (χ3n) is 5.13. The van der Waals surface area contributed by atoms with E-state index in [-0.39, 0.29) is 5.75 Å². The van der Waals surface area contributed by atoms with Crippen LogP contribution in [0.5, 0.6) is 17.2 Å². The fraction of sp³-hybridized carbons (Fsp3) is 0.167. The van der Waals surface area contributed by atoms with Crippen LogP contribution in [0.1, 0.15) is 35.1 Å². The molecule has 0 atom stereocenters. The van der Waals surface area contributed by atoms with Crippen molar-refractivity contribution in [2.45, 2.75) is 19.3 Å². The van der Waals surface area contributed by atoms with E-state index in [1.807, 2.05) is 36.4 Å². The Morgan fingerprint density at radius 3 is 2.11 bits per heavy atom. The van der Waals surface area contributed by atoms with Gasteiger partial charge in [-0.3, -0.25) is 0 Å². The summed E-state index contributed by atoms with van der Waals surface area (Å²) in [7, 11) is 1.67. The molecule has 27 heavy (non-hydrogen) atoms. The van der Waals surface area contributed by atoms with E-state index >= 15 is 0 Å². The molecular weight excluding hydrogens is 336 g/mol. The molecule has 0 radical (unpaired) electrons. The molecule has 0 unspecified atom stereocenters. The second-order valence-electron chi connectivity index (χ2n) is 6.82.